The van der Waals surface area contributed by atoms with Crippen LogP contribution in [0.4, 0.5) is 3.22 Å². The molecule has 4 heteroatoms. The summed E-state index contributed by atoms with van der Waals surface area (Å²) < 4.78 is 9.35. The number of halogens is 1. The fourth-order valence-electron chi connectivity index (χ4n) is 0.342. The van der Waals surface area contributed by atoms with Crippen molar-refractivity contribution in [3.8, 4) is 0 Å². The van der Waals surface area contributed by atoms with Crippen LogP contribution >= 0.6 is 15.8 Å². The molecule has 0 aliphatic carbocycles. The molecule has 1 aromatic rings. The van der Waals surface area contributed by atoms with E-state index >= 15 is 0 Å². The molecule has 0 fully saturated rings. The van der Waals surface area contributed by atoms with Crippen LogP contribution in [0.25, 0.3) is 0 Å². The molecule has 1 aromatic carbocycles. The Labute approximate surface area is 115 Å². The largest absolute Gasteiger partial charge is 0.184 e. The van der Waals surface area contributed by atoms with Gasteiger partial charge in [0, 0.05) is 40.0 Å². The maximum Gasteiger partial charge on any atom is -0.171 e. The Morgan fingerprint density at radius 3 is 1.06 bits per heavy atom. The van der Waals surface area contributed by atoms with E-state index in [1.807, 2.05) is 30.3 Å². The van der Waals surface area contributed by atoms with Gasteiger partial charge in [0.15, 0.2) is 0 Å². The summed E-state index contributed by atoms with van der Waals surface area (Å²) in [6.45, 7) is 13.6. The molecule has 1 rings (SSSR count). The van der Waals surface area contributed by atoms with Gasteiger partial charge < -0.3 is 0 Å². The van der Waals surface area contributed by atoms with Gasteiger partial charge in [-0.25, -0.2) is 0 Å². The first-order chi connectivity index (χ1) is 7.46. The Kier molecular flexibility index (Phi) is 28.8. The third kappa shape index (κ3) is 61.6. The molecule has 0 saturated carbocycles. The summed E-state index contributed by atoms with van der Waals surface area (Å²) in [5.41, 5.74) is 0. The molecule has 0 unspecified atom stereocenters. The second-order valence-electron chi connectivity index (χ2n) is 4.08. The summed E-state index contributed by atoms with van der Waals surface area (Å²) in [5.74, 6) is 0. The van der Waals surface area contributed by atoms with Gasteiger partial charge in [-0.05, 0) is 15.8 Å². The van der Waals surface area contributed by atoms with Gasteiger partial charge in [-0.1, -0.05) is 0 Å². The smallest absolute Gasteiger partial charge is 0.171 e. The van der Waals surface area contributed by atoms with E-state index in [0.717, 1.165) is 0 Å². The average molecular weight is 357 g/mol. The van der Waals surface area contributed by atoms with Crippen LogP contribution in [-0.2, 0) is 19.7 Å². The van der Waals surface area contributed by atoms with Crippen molar-refractivity contribution in [3.63, 3.8) is 0 Å². The molecule has 0 aliphatic heterocycles. The van der Waals surface area contributed by atoms with E-state index in [4.69, 9.17) is 0 Å². The van der Waals surface area contributed by atoms with Crippen molar-refractivity contribution in [2.24, 2.45) is 0 Å². The maximum atomic E-state index is 9.35. The molecule has 0 aliphatic rings. The molecule has 0 spiro atoms. The van der Waals surface area contributed by atoms with Crippen LogP contribution in [0.2, 0.25) is 0 Å². The van der Waals surface area contributed by atoms with Gasteiger partial charge in [0.2, 0.25) is 0 Å². The summed E-state index contributed by atoms with van der Waals surface area (Å²) >= 11 is 1.25. The standard InChI is InChI=1S/C6H5.2C3H9P.FH.Pd/c1-2-4-6-5-3-1;2*1-4(2)3;;/h1-5H;2*1-3H3;1H;/q-1;;;;+2/p+1. The minimum atomic E-state index is 0.120. The second-order valence-corrected chi connectivity index (χ2v) is 10.1. The van der Waals surface area contributed by atoms with E-state index in [-0.39, 0.29) is 15.8 Å². The molecule has 0 nitrogen and oxygen atoms in total. The summed E-state index contributed by atoms with van der Waals surface area (Å²) in [6, 6.07) is 12.5. The van der Waals surface area contributed by atoms with Gasteiger partial charge in [0.1, 0.15) is 0 Å². The van der Waals surface area contributed by atoms with Gasteiger partial charge in [-0.2, -0.15) is 36.4 Å². The van der Waals surface area contributed by atoms with E-state index in [2.05, 4.69) is 46.1 Å². The number of benzene rings is 1. The van der Waals surface area contributed by atoms with Gasteiger partial charge in [-0.3, -0.25) is 0 Å². The van der Waals surface area contributed by atoms with Crippen LogP contribution in [-0.4, -0.2) is 40.0 Å². The summed E-state index contributed by atoms with van der Waals surface area (Å²) in [5, 5.41) is 0. The van der Waals surface area contributed by atoms with Crippen LogP contribution in [0.3, 0.4) is 0 Å². The summed E-state index contributed by atoms with van der Waals surface area (Å²) in [6.07, 6.45) is 0. The second kappa shape index (κ2) is 21.0. The molecule has 0 heterocycles. The van der Waals surface area contributed by atoms with E-state index in [1.54, 1.807) is 0 Å². The SMILES string of the molecule is C[PH+](C)C.C[PH+](C)C.[F][Pd+].[c-]1ccccc1. The molecule has 98 valence electrons. The van der Waals surface area contributed by atoms with Crippen LogP contribution < -0.4 is 0 Å². The Hall–Kier alpha value is 0.672. The van der Waals surface area contributed by atoms with Crippen LogP contribution in [0.1, 0.15) is 0 Å². The normalized spacial score (nSPS) is 7.94. The fraction of sp³-hybridized carbons (Fsp3) is 0.500. The monoisotopic (exact) mass is 356 g/mol. The Bertz CT molecular complexity index is 143. The third-order valence-electron chi connectivity index (χ3n) is 0.607. The van der Waals surface area contributed by atoms with E-state index in [9.17, 15) is 3.22 Å². The molecule has 0 N–H and O–H groups in total. The molecule has 0 amide bonds. The topological polar surface area (TPSA) is 0 Å². The molecule has 0 aromatic heterocycles. The van der Waals surface area contributed by atoms with Crippen molar-refractivity contribution in [3.05, 3.63) is 36.4 Å². The van der Waals surface area contributed by atoms with Crippen LogP contribution in [0, 0.1) is 6.07 Å². The van der Waals surface area contributed by atoms with Gasteiger partial charge >= 0.3 is 22.9 Å². The van der Waals surface area contributed by atoms with Crippen molar-refractivity contribution in [1.82, 2.24) is 0 Å². The van der Waals surface area contributed by atoms with Gasteiger partial charge in [0.05, 0.1) is 0 Å². The van der Waals surface area contributed by atoms with Crippen molar-refractivity contribution < 1.29 is 22.9 Å². The summed E-state index contributed by atoms with van der Waals surface area (Å²) in [4.78, 5) is 0. The first-order valence-corrected chi connectivity index (χ1v) is 11.6. The number of hydrogen-bond donors (Lipinski definition) is 0. The van der Waals surface area contributed by atoms with Gasteiger partial charge in [-0.15, -0.1) is 0 Å². The molecular weight excluding hydrogens is 331 g/mol. The molecule has 16 heavy (non-hydrogen) atoms. The predicted octanol–water partition coefficient (Wildman–Crippen LogP) is 4.08. The van der Waals surface area contributed by atoms with Crippen molar-refractivity contribution in [2.75, 3.05) is 40.0 Å². The first kappa shape index (κ1) is 21.9. The van der Waals surface area contributed by atoms with Crippen LogP contribution in [0.15, 0.2) is 30.3 Å². The zero-order valence-corrected chi connectivity index (χ0v) is 14.6. The van der Waals surface area contributed by atoms with E-state index in [0.29, 0.717) is 0 Å². The molecule has 0 saturated heterocycles. The zero-order valence-electron chi connectivity index (χ0n) is 11.1. The van der Waals surface area contributed by atoms with E-state index < -0.39 is 0 Å². The maximum absolute atomic E-state index is 9.35. The molecule has 0 bridgehead atoms. The summed E-state index contributed by atoms with van der Waals surface area (Å²) in [7, 11) is 0.241. The van der Waals surface area contributed by atoms with Gasteiger partial charge in [0.25, 0.3) is 0 Å². The van der Waals surface area contributed by atoms with E-state index in [1.165, 1.54) is 19.7 Å². The van der Waals surface area contributed by atoms with Crippen LogP contribution in [0.5, 0.6) is 0 Å². The minimum Gasteiger partial charge on any atom is -0.184 e. The first-order valence-electron chi connectivity index (χ1n) is 5.03. The molecular formula is C12H25FP2Pd+2. The quantitative estimate of drug-likeness (QED) is 0.373. The average Bonchev–Trinajstić information content (AvgIpc) is 2.22. The number of hydrogen-bond acceptors (Lipinski definition) is 0. The Morgan fingerprint density at radius 1 is 0.750 bits per heavy atom. The Morgan fingerprint density at radius 2 is 1.00 bits per heavy atom. The fourth-order valence-corrected chi connectivity index (χ4v) is 0.342. The van der Waals surface area contributed by atoms with Crippen molar-refractivity contribution in [1.29, 1.82) is 0 Å². The van der Waals surface area contributed by atoms with Crippen molar-refractivity contribution in [2.45, 2.75) is 0 Å². The third-order valence-corrected chi connectivity index (χ3v) is 0.607. The Balaban J connectivity index is -0.000000152. The predicted molar refractivity (Wildman–Crippen MR) is 78.6 cm³/mol. The molecule has 0 atom stereocenters. The molecule has 0 radical (unpaired) electrons. The van der Waals surface area contributed by atoms with Crippen molar-refractivity contribution >= 4 is 15.8 Å². The number of rotatable bonds is 0. The zero-order chi connectivity index (χ0) is 13.4. The minimum absolute atomic E-state index is 0.120.